The Kier molecular flexibility index (Phi) is 5.32. The summed E-state index contributed by atoms with van der Waals surface area (Å²) in [6, 6.07) is 10.2. The van der Waals surface area contributed by atoms with Crippen molar-refractivity contribution < 1.29 is 8.42 Å². The average Bonchev–Trinajstić information content (AvgIpc) is 2.48. The molecule has 1 aromatic rings. The van der Waals surface area contributed by atoms with Crippen LogP contribution in [0.5, 0.6) is 0 Å². The lowest BCUT2D eigenvalue weighted by Crippen LogP contribution is -2.52. The Morgan fingerprint density at radius 3 is 2.33 bits per heavy atom. The molecule has 1 saturated heterocycles. The van der Waals surface area contributed by atoms with Crippen molar-refractivity contribution in [3.63, 3.8) is 0 Å². The van der Waals surface area contributed by atoms with Crippen LogP contribution in [-0.2, 0) is 16.6 Å². The summed E-state index contributed by atoms with van der Waals surface area (Å²) in [6.45, 7) is 4.81. The predicted molar refractivity (Wildman–Crippen MR) is 88.5 cm³/mol. The Morgan fingerprint density at radius 2 is 1.81 bits per heavy atom. The molecule has 0 amide bonds. The molecule has 1 aliphatic heterocycles. The van der Waals surface area contributed by atoms with Crippen molar-refractivity contribution in [2.45, 2.75) is 18.7 Å². The van der Waals surface area contributed by atoms with Crippen molar-refractivity contribution in [1.82, 2.24) is 9.21 Å². The second-order valence-corrected chi connectivity index (χ2v) is 7.98. The Labute approximate surface area is 131 Å². The van der Waals surface area contributed by atoms with Crippen LogP contribution in [-0.4, -0.2) is 54.0 Å². The van der Waals surface area contributed by atoms with Crippen molar-refractivity contribution in [3.8, 4) is 0 Å². The first-order valence-electron chi connectivity index (χ1n) is 6.96. The number of sulfonamides is 1. The lowest BCUT2D eigenvalue weighted by atomic mass is 10.2. The molecule has 1 aliphatic rings. The van der Waals surface area contributed by atoms with Gasteiger partial charge in [-0.2, -0.15) is 4.31 Å². The fourth-order valence-electron chi connectivity index (χ4n) is 2.35. The Balaban J connectivity index is 1.93. The first-order chi connectivity index (χ1) is 9.91. The van der Waals surface area contributed by atoms with E-state index in [-0.39, 0.29) is 4.99 Å². The molecule has 2 N–H and O–H groups in total. The van der Waals surface area contributed by atoms with Crippen molar-refractivity contribution >= 4 is 27.2 Å². The summed E-state index contributed by atoms with van der Waals surface area (Å²) in [5, 5.41) is -0.798. The lowest BCUT2D eigenvalue weighted by Gasteiger charge is -2.35. The lowest BCUT2D eigenvalue weighted by molar-refractivity contribution is 0.181. The quantitative estimate of drug-likeness (QED) is 0.811. The highest BCUT2D eigenvalue weighted by molar-refractivity contribution is 7.92. The average molecular weight is 327 g/mol. The summed E-state index contributed by atoms with van der Waals surface area (Å²) >= 11 is 4.81. The van der Waals surface area contributed by atoms with E-state index in [1.54, 1.807) is 6.92 Å². The van der Waals surface area contributed by atoms with Crippen molar-refractivity contribution in [2.24, 2.45) is 5.73 Å². The van der Waals surface area contributed by atoms with Crippen molar-refractivity contribution in [1.29, 1.82) is 0 Å². The van der Waals surface area contributed by atoms with Crippen LogP contribution in [0.2, 0.25) is 0 Å². The van der Waals surface area contributed by atoms with E-state index in [0.29, 0.717) is 13.1 Å². The third kappa shape index (κ3) is 4.00. The molecular weight excluding hydrogens is 306 g/mol. The highest BCUT2D eigenvalue weighted by atomic mass is 32.2. The molecule has 0 saturated carbocycles. The summed E-state index contributed by atoms with van der Waals surface area (Å²) < 4.78 is 26.2. The summed E-state index contributed by atoms with van der Waals surface area (Å²) in [4.78, 5) is 2.29. The van der Waals surface area contributed by atoms with E-state index in [4.69, 9.17) is 18.0 Å². The van der Waals surface area contributed by atoms with Gasteiger partial charge >= 0.3 is 0 Å². The van der Waals surface area contributed by atoms with E-state index in [1.807, 2.05) is 18.2 Å². The molecule has 1 aromatic carbocycles. The van der Waals surface area contributed by atoms with E-state index in [9.17, 15) is 8.42 Å². The van der Waals surface area contributed by atoms with Crippen LogP contribution in [0.3, 0.4) is 0 Å². The number of piperazine rings is 1. The van der Waals surface area contributed by atoms with Gasteiger partial charge in [-0.05, 0) is 12.5 Å². The van der Waals surface area contributed by atoms with Crippen LogP contribution in [0.15, 0.2) is 30.3 Å². The highest BCUT2D eigenvalue weighted by Gasteiger charge is 2.32. The van der Waals surface area contributed by atoms with Gasteiger partial charge in [0.05, 0.1) is 4.99 Å². The molecule has 21 heavy (non-hydrogen) atoms. The number of hydrogen-bond donors (Lipinski definition) is 1. The minimum Gasteiger partial charge on any atom is -0.392 e. The maximum absolute atomic E-state index is 12.3. The topological polar surface area (TPSA) is 66.6 Å². The van der Waals surface area contributed by atoms with Crippen molar-refractivity contribution in [2.75, 3.05) is 26.2 Å². The van der Waals surface area contributed by atoms with E-state index < -0.39 is 15.3 Å². The van der Waals surface area contributed by atoms with Gasteiger partial charge in [0.2, 0.25) is 10.0 Å². The molecule has 1 heterocycles. The zero-order chi connectivity index (χ0) is 15.5. The first-order valence-corrected chi connectivity index (χ1v) is 8.87. The third-order valence-corrected chi connectivity index (χ3v) is 6.52. The normalized spacial score (nSPS) is 19.3. The Bertz CT molecular complexity index is 581. The van der Waals surface area contributed by atoms with Gasteiger partial charge in [-0.15, -0.1) is 0 Å². The SMILES string of the molecule is CC(C(N)=S)S(=O)(=O)N1CCN(Cc2ccccc2)CC1. The van der Waals surface area contributed by atoms with Crippen LogP contribution >= 0.6 is 12.2 Å². The molecule has 0 bridgehead atoms. The van der Waals surface area contributed by atoms with Crippen LogP contribution < -0.4 is 5.73 Å². The monoisotopic (exact) mass is 327 g/mol. The van der Waals surface area contributed by atoms with Gasteiger partial charge in [-0.25, -0.2) is 8.42 Å². The zero-order valence-corrected chi connectivity index (χ0v) is 13.7. The molecule has 0 aliphatic carbocycles. The van der Waals surface area contributed by atoms with E-state index in [0.717, 1.165) is 19.6 Å². The van der Waals surface area contributed by atoms with Gasteiger partial charge in [0, 0.05) is 32.7 Å². The third-order valence-electron chi connectivity index (χ3n) is 3.79. The molecule has 0 spiro atoms. The molecular formula is C14H21N3O2S2. The van der Waals surface area contributed by atoms with Gasteiger partial charge in [0.25, 0.3) is 0 Å². The minimum atomic E-state index is -3.42. The Hall–Kier alpha value is -1.02. The largest absolute Gasteiger partial charge is 0.392 e. The smallest absolute Gasteiger partial charge is 0.223 e. The fourth-order valence-corrected chi connectivity index (χ4v) is 4.13. The molecule has 1 unspecified atom stereocenters. The summed E-state index contributed by atoms with van der Waals surface area (Å²) in [5.74, 6) is 0. The number of hydrogen-bond acceptors (Lipinski definition) is 4. The zero-order valence-electron chi connectivity index (χ0n) is 12.1. The van der Waals surface area contributed by atoms with Gasteiger partial charge in [-0.1, -0.05) is 42.5 Å². The standard InChI is InChI=1S/C14H21N3O2S2/c1-12(14(15)20)21(18,19)17-9-7-16(8-10-17)11-13-5-3-2-4-6-13/h2-6,12H,7-11H2,1H3,(H2,15,20). The minimum absolute atomic E-state index is 0.0294. The molecule has 2 rings (SSSR count). The van der Waals surface area contributed by atoms with Gasteiger partial charge in [0.1, 0.15) is 5.25 Å². The first kappa shape index (κ1) is 16.4. The fraction of sp³-hybridized carbons (Fsp3) is 0.500. The maximum atomic E-state index is 12.3. The van der Waals surface area contributed by atoms with Crippen LogP contribution in [0.4, 0.5) is 0 Å². The van der Waals surface area contributed by atoms with Gasteiger partial charge < -0.3 is 5.73 Å². The number of nitrogens with zero attached hydrogens (tertiary/aromatic N) is 2. The summed E-state index contributed by atoms with van der Waals surface area (Å²) in [5.41, 5.74) is 6.71. The summed E-state index contributed by atoms with van der Waals surface area (Å²) in [7, 11) is -3.42. The number of thiocarbonyl (C=S) groups is 1. The molecule has 116 valence electrons. The second-order valence-electron chi connectivity index (χ2n) is 5.25. The van der Waals surface area contributed by atoms with E-state index in [2.05, 4.69) is 17.0 Å². The van der Waals surface area contributed by atoms with Crippen LogP contribution in [0, 0.1) is 0 Å². The number of benzene rings is 1. The highest BCUT2D eigenvalue weighted by Crippen LogP contribution is 2.14. The molecule has 7 heteroatoms. The number of nitrogens with two attached hydrogens (primary N) is 1. The molecule has 0 radical (unpaired) electrons. The molecule has 1 fully saturated rings. The summed E-state index contributed by atoms with van der Waals surface area (Å²) in [6.07, 6.45) is 0. The second kappa shape index (κ2) is 6.83. The molecule has 0 aromatic heterocycles. The van der Waals surface area contributed by atoms with Crippen LogP contribution in [0.25, 0.3) is 0 Å². The Morgan fingerprint density at radius 1 is 1.24 bits per heavy atom. The van der Waals surface area contributed by atoms with Gasteiger partial charge in [0.15, 0.2) is 0 Å². The molecule has 1 atom stereocenters. The van der Waals surface area contributed by atoms with Gasteiger partial charge in [-0.3, -0.25) is 4.90 Å². The molecule has 5 nitrogen and oxygen atoms in total. The maximum Gasteiger partial charge on any atom is 0.223 e. The number of rotatable bonds is 5. The van der Waals surface area contributed by atoms with Crippen LogP contribution in [0.1, 0.15) is 12.5 Å². The van der Waals surface area contributed by atoms with E-state index in [1.165, 1.54) is 9.87 Å². The predicted octanol–water partition coefficient (Wildman–Crippen LogP) is 0.809. The van der Waals surface area contributed by atoms with E-state index >= 15 is 0 Å². The van der Waals surface area contributed by atoms with Crippen molar-refractivity contribution in [3.05, 3.63) is 35.9 Å².